The maximum Gasteiger partial charge on any atom is 0.287 e. The third kappa shape index (κ3) is 4.18. The summed E-state index contributed by atoms with van der Waals surface area (Å²) < 4.78 is 5.54. The average molecular weight is 351 g/mol. The van der Waals surface area contributed by atoms with Crippen LogP contribution in [0.2, 0.25) is 0 Å². The van der Waals surface area contributed by atoms with Gasteiger partial charge in [-0.25, -0.2) is 0 Å². The van der Waals surface area contributed by atoms with Gasteiger partial charge in [-0.15, -0.1) is 0 Å². The number of carbonyl (C=O) groups is 1. The van der Waals surface area contributed by atoms with Crippen molar-refractivity contribution in [3.05, 3.63) is 82.2 Å². The number of fused-ring (bicyclic) bond motifs is 1. The Labute approximate surface area is 151 Å². The predicted molar refractivity (Wildman–Crippen MR) is 100 cm³/mol. The van der Waals surface area contributed by atoms with E-state index in [1.165, 1.54) is 6.07 Å². The second kappa shape index (κ2) is 8.45. The standard InChI is InChI=1S/C21H21NO4/c23-13-11-16(15-6-2-1-3-7-15)10-12-22-21(25)20-14-18(24)17-8-4-5-9-19(17)26-20/h1-9,14,16,23H,10-13H2,(H,22,25). The van der Waals surface area contributed by atoms with E-state index in [0.717, 1.165) is 5.56 Å². The van der Waals surface area contributed by atoms with Crippen LogP contribution in [0.3, 0.4) is 0 Å². The lowest BCUT2D eigenvalue weighted by Gasteiger charge is -2.16. The second-order valence-corrected chi connectivity index (χ2v) is 6.14. The van der Waals surface area contributed by atoms with Crippen LogP contribution in [0.15, 0.2) is 69.9 Å². The Bertz CT molecular complexity index is 933. The van der Waals surface area contributed by atoms with Crippen molar-refractivity contribution in [2.75, 3.05) is 13.2 Å². The van der Waals surface area contributed by atoms with Crippen molar-refractivity contribution in [2.45, 2.75) is 18.8 Å². The quantitative estimate of drug-likeness (QED) is 0.686. The first-order chi connectivity index (χ1) is 12.7. The van der Waals surface area contributed by atoms with Gasteiger partial charge in [0.15, 0.2) is 11.2 Å². The highest BCUT2D eigenvalue weighted by Crippen LogP contribution is 2.22. The zero-order valence-electron chi connectivity index (χ0n) is 14.4. The summed E-state index contributed by atoms with van der Waals surface area (Å²) in [7, 11) is 0. The molecule has 1 aromatic heterocycles. The summed E-state index contributed by atoms with van der Waals surface area (Å²) >= 11 is 0. The molecule has 5 nitrogen and oxygen atoms in total. The topological polar surface area (TPSA) is 79.5 Å². The lowest BCUT2D eigenvalue weighted by molar-refractivity contribution is 0.0925. The molecule has 0 aliphatic carbocycles. The zero-order chi connectivity index (χ0) is 18.4. The molecule has 1 amide bonds. The van der Waals surface area contributed by atoms with E-state index in [2.05, 4.69) is 5.32 Å². The highest BCUT2D eigenvalue weighted by molar-refractivity contribution is 5.93. The van der Waals surface area contributed by atoms with Gasteiger partial charge in [0, 0.05) is 19.2 Å². The molecule has 1 heterocycles. The fraction of sp³-hybridized carbons (Fsp3) is 0.238. The molecule has 1 atom stereocenters. The number of rotatable bonds is 7. The second-order valence-electron chi connectivity index (χ2n) is 6.14. The van der Waals surface area contributed by atoms with Gasteiger partial charge in [-0.1, -0.05) is 42.5 Å². The fourth-order valence-corrected chi connectivity index (χ4v) is 3.02. The van der Waals surface area contributed by atoms with Gasteiger partial charge in [-0.05, 0) is 36.5 Å². The molecule has 0 saturated carbocycles. The van der Waals surface area contributed by atoms with Crippen molar-refractivity contribution >= 4 is 16.9 Å². The van der Waals surface area contributed by atoms with Crippen molar-refractivity contribution in [1.29, 1.82) is 0 Å². The summed E-state index contributed by atoms with van der Waals surface area (Å²) in [6, 6.07) is 18.0. The highest BCUT2D eigenvalue weighted by Gasteiger charge is 2.14. The van der Waals surface area contributed by atoms with Gasteiger partial charge in [-0.2, -0.15) is 0 Å². The molecule has 3 rings (SSSR count). The fourth-order valence-electron chi connectivity index (χ4n) is 3.02. The maximum absolute atomic E-state index is 12.3. The third-order valence-electron chi connectivity index (χ3n) is 4.39. The molecular weight excluding hydrogens is 330 g/mol. The minimum atomic E-state index is -0.413. The minimum Gasteiger partial charge on any atom is -0.451 e. The van der Waals surface area contributed by atoms with E-state index >= 15 is 0 Å². The van der Waals surface area contributed by atoms with E-state index in [1.54, 1.807) is 24.3 Å². The summed E-state index contributed by atoms with van der Waals surface area (Å²) in [6.45, 7) is 0.516. The third-order valence-corrected chi connectivity index (χ3v) is 4.39. The molecule has 0 spiro atoms. The largest absolute Gasteiger partial charge is 0.451 e. The van der Waals surface area contributed by atoms with Crippen LogP contribution < -0.4 is 10.7 Å². The molecule has 2 aromatic carbocycles. The zero-order valence-corrected chi connectivity index (χ0v) is 14.4. The molecule has 1 unspecified atom stereocenters. The predicted octanol–water partition coefficient (Wildman–Crippen LogP) is 3.08. The van der Waals surface area contributed by atoms with E-state index in [1.807, 2.05) is 30.3 Å². The number of hydrogen-bond donors (Lipinski definition) is 2. The molecule has 0 aliphatic rings. The molecular formula is C21H21NO4. The minimum absolute atomic E-state index is 0.00659. The molecule has 0 radical (unpaired) electrons. The Morgan fingerprint density at radius 3 is 2.54 bits per heavy atom. The van der Waals surface area contributed by atoms with Crippen molar-refractivity contribution in [2.24, 2.45) is 0 Å². The van der Waals surface area contributed by atoms with Gasteiger partial charge >= 0.3 is 0 Å². The van der Waals surface area contributed by atoms with Crippen molar-refractivity contribution in [3.8, 4) is 0 Å². The van der Waals surface area contributed by atoms with E-state index in [0.29, 0.717) is 30.4 Å². The molecule has 3 aromatic rings. The van der Waals surface area contributed by atoms with Crippen molar-refractivity contribution in [1.82, 2.24) is 5.32 Å². The summed E-state index contributed by atoms with van der Waals surface area (Å²) in [5, 5.41) is 12.5. The smallest absolute Gasteiger partial charge is 0.287 e. The number of aliphatic hydroxyl groups excluding tert-OH is 1. The van der Waals surface area contributed by atoms with E-state index < -0.39 is 5.91 Å². The molecule has 0 fully saturated rings. The van der Waals surface area contributed by atoms with Crippen LogP contribution in [0.5, 0.6) is 0 Å². The first-order valence-electron chi connectivity index (χ1n) is 8.66. The van der Waals surface area contributed by atoms with Crippen LogP contribution in [0.25, 0.3) is 11.0 Å². The number of benzene rings is 2. The van der Waals surface area contributed by atoms with Crippen LogP contribution in [-0.2, 0) is 0 Å². The molecule has 2 N–H and O–H groups in total. The summed E-state index contributed by atoms with van der Waals surface area (Å²) in [5.74, 6) is -0.249. The number of hydrogen-bond acceptors (Lipinski definition) is 4. The van der Waals surface area contributed by atoms with E-state index in [4.69, 9.17) is 4.42 Å². The van der Waals surface area contributed by atoms with Gasteiger partial charge in [0.05, 0.1) is 5.39 Å². The molecule has 0 aliphatic heterocycles. The Balaban J connectivity index is 1.66. The number of aliphatic hydroxyl groups is 1. The molecule has 134 valence electrons. The lowest BCUT2D eigenvalue weighted by atomic mass is 9.93. The summed E-state index contributed by atoms with van der Waals surface area (Å²) in [6.07, 6.45) is 1.32. The number of carbonyl (C=O) groups excluding carboxylic acids is 1. The molecule has 26 heavy (non-hydrogen) atoms. The van der Waals surface area contributed by atoms with Crippen LogP contribution in [0.1, 0.15) is 34.9 Å². The van der Waals surface area contributed by atoms with Crippen LogP contribution >= 0.6 is 0 Å². The van der Waals surface area contributed by atoms with Gasteiger partial charge in [-0.3, -0.25) is 9.59 Å². The van der Waals surface area contributed by atoms with Gasteiger partial charge in [0.1, 0.15) is 5.58 Å². The van der Waals surface area contributed by atoms with Gasteiger partial charge < -0.3 is 14.8 Å². The van der Waals surface area contributed by atoms with Crippen molar-refractivity contribution < 1.29 is 14.3 Å². The average Bonchev–Trinajstić information content (AvgIpc) is 2.68. The Morgan fingerprint density at radius 1 is 1.04 bits per heavy atom. The molecule has 0 saturated heterocycles. The normalized spacial score (nSPS) is 12.0. The Morgan fingerprint density at radius 2 is 1.77 bits per heavy atom. The molecule has 5 heteroatoms. The monoisotopic (exact) mass is 351 g/mol. The first-order valence-corrected chi connectivity index (χ1v) is 8.66. The van der Waals surface area contributed by atoms with Crippen LogP contribution in [0.4, 0.5) is 0 Å². The number of nitrogens with one attached hydrogen (secondary N) is 1. The van der Waals surface area contributed by atoms with Crippen LogP contribution in [0, 0.1) is 0 Å². The highest BCUT2D eigenvalue weighted by atomic mass is 16.3. The molecule has 0 bridgehead atoms. The first kappa shape index (κ1) is 17.9. The van der Waals surface area contributed by atoms with Gasteiger partial charge in [0.2, 0.25) is 0 Å². The summed E-state index contributed by atoms with van der Waals surface area (Å²) in [5.41, 5.74) is 1.29. The van der Waals surface area contributed by atoms with Gasteiger partial charge in [0.25, 0.3) is 5.91 Å². The Hall–Kier alpha value is -2.92. The van der Waals surface area contributed by atoms with Crippen molar-refractivity contribution in [3.63, 3.8) is 0 Å². The SMILES string of the molecule is O=C(NCCC(CCO)c1ccccc1)c1cc(=O)c2ccccc2o1. The maximum atomic E-state index is 12.3. The van der Waals surface area contributed by atoms with E-state index in [9.17, 15) is 14.7 Å². The number of para-hydroxylation sites is 1. The Kier molecular flexibility index (Phi) is 5.81. The van der Waals surface area contributed by atoms with E-state index in [-0.39, 0.29) is 23.7 Å². The lowest BCUT2D eigenvalue weighted by Crippen LogP contribution is -2.26. The number of amides is 1. The summed E-state index contributed by atoms with van der Waals surface area (Å²) in [4.78, 5) is 24.4. The van der Waals surface area contributed by atoms with Crippen LogP contribution in [-0.4, -0.2) is 24.2 Å².